The molecule has 3 aromatic rings. The van der Waals surface area contributed by atoms with Gasteiger partial charge >= 0.3 is 0 Å². The predicted molar refractivity (Wildman–Crippen MR) is 151 cm³/mol. The van der Waals surface area contributed by atoms with Gasteiger partial charge in [-0.1, -0.05) is 41.6 Å². The molecule has 2 aromatic carbocycles. The summed E-state index contributed by atoms with van der Waals surface area (Å²) in [6.07, 6.45) is 2.49. The molecule has 2 aliphatic heterocycles. The van der Waals surface area contributed by atoms with Crippen LogP contribution in [0.2, 0.25) is 0 Å². The smallest absolute Gasteiger partial charge is 0.252 e. The van der Waals surface area contributed by atoms with E-state index in [1.165, 1.54) is 12.8 Å². The minimum atomic E-state index is -1.38. The van der Waals surface area contributed by atoms with Crippen molar-refractivity contribution in [1.82, 2.24) is 20.4 Å². The molecule has 3 aliphatic carbocycles. The van der Waals surface area contributed by atoms with Gasteiger partial charge in [0.25, 0.3) is 11.8 Å². The molecule has 3 unspecified atom stereocenters. The SMILES string of the molecule is CC(C)(NC(=O)C1=C(O)[C@@H]2Oc3c(O)ccc4c3C23CCN(CC2CC2)C(C4)C3(O)C1)c1nc(-c2ccccc2)no1. The number of aliphatic hydroxyl groups excluding tert-OH is 1. The third-order valence-corrected chi connectivity index (χ3v) is 10.2. The Labute approximate surface area is 243 Å². The van der Waals surface area contributed by atoms with E-state index in [0.717, 1.165) is 29.8 Å². The number of aliphatic hydroxyl groups is 2. The van der Waals surface area contributed by atoms with Crippen molar-refractivity contribution in [1.29, 1.82) is 0 Å². The molecule has 1 saturated heterocycles. The molecule has 3 heterocycles. The highest BCUT2D eigenvalue weighted by Crippen LogP contribution is 2.66. The van der Waals surface area contributed by atoms with Crippen LogP contribution in [0.4, 0.5) is 0 Å². The largest absolute Gasteiger partial charge is 0.508 e. The van der Waals surface area contributed by atoms with E-state index in [1.54, 1.807) is 19.9 Å². The summed E-state index contributed by atoms with van der Waals surface area (Å²) in [5, 5.41) is 42.4. The maximum absolute atomic E-state index is 14.0. The van der Waals surface area contributed by atoms with Crippen LogP contribution in [-0.2, 0) is 22.2 Å². The zero-order chi connectivity index (χ0) is 29.0. The van der Waals surface area contributed by atoms with Gasteiger partial charge in [-0.25, -0.2) is 0 Å². The first-order chi connectivity index (χ1) is 20.1. The summed E-state index contributed by atoms with van der Waals surface area (Å²) in [4.78, 5) is 20.9. The number of carbonyl (C=O) groups excluding carboxylic acids is 1. The fourth-order valence-electron chi connectivity index (χ4n) is 7.96. The van der Waals surface area contributed by atoms with Gasteiger partial charge in [-0.2, -0.15) is 4.98 Å². The normalized spacial score (nSPS) is 29.7. The third-order valence-electron chi connectivity index (χ3n) is 10.2. The number of aromatic nitrogens is 2. The molecule has 4 atom stereocenters. The van der Waals surface area contributed by atoms with Crippen LogP contribution in [0, 0.1) is 5.92 Å². The number of hydrogen-bond donors (Lipinski definition) is 4. The van der Waals surface area contributed by atoms with E-state index < -0.39 is 28.6 Å². The van der Waals surface area contributed by atoms with Crippen LogP contribution in [0.5, 0.6) is 11.5 Å². The van der Waals surface area contributed by atoms with Crippen molar-refractivity contribution in [3.05, 3.63) is 70.8 Å². The molecular weight excluding hydrogens is 536 g/mol. The summed E-state index contributed by atoms with van der Waals surface area (Å²) in [5.41, 5.74) is -0.757. The number of rotatable bonds is 6. The van der Waals surface area contributed by atoms with Crippen molar-refractivity contribution >= 4 is 5.91 Å². The highest BCUT2D eigenvalue weighted by atomic mass is 16.5. The molecule has 1 saturated carbocycles. The second-order valence-electron chi connectivity index (χ2n) is 13.2. The van der Waals surface area contributed by atoms with Gasteiger partial charge in [0.15, 0.2) is 17.6 Å². The van der Waals surface area contributed by atoms with Crippen LogP contribution in [0.15, 0.2) is 58.3 Å². The number of hydrogen-bond acceptors (Lipinski definition) is 9. The van der Waals surface area contributed by atoms with Gasteiger partial charge in [-0.05, 0) is 63.6 Å². The first kappa shape index (κ1) is 25.8. The zero-order valence-electron chi connectivity index (χ0n) is 23.6. The Kier molecular flexibility index (Phi) is 5.27. The number of amides is 1. The molecule has 1 aromatic heterocycles. The highest BCUT2D eigenvalue weighted by Gasteiger charge is 2.73. The van der Waals surface area contributed by atoms with Crippen molar-refractivity contribution in [3.8, 4) is 22.9 Å². The Bertz CT molecular complexity index is 1650. The van der Waals surface area contributed by atoms with E-state index in [-0.39, 0.29) is 35.4 Å². The molecule has 4 N–H and O–H groups in total. The van der Waals surface area contributed by atoms with Crippen molar-refractivity contribution in [2.75, 3.05) is 13.1 Å². The molecule has 1 amide bonds. The number of ether oxygens (including phenoxy) is 1. The van der Waals surface area contributed by atoms with Gasteiger partial charge < -0.3 is 29.9 Å². The Hall–Kier alpha value is -3.89. The highest BCUT2D eigenvalue weighted by molar-refractivity contribution is 5.95. The van der Waals surface area contributed by atoms with E-state index in [4.69, 9.17) is 9.26 Å². The second kappa shape index (κ2) is 8.58. The number of nitrogens with one attached hydrogen (secondary N) is 1. The summed E-state index contributed by atoms with van der Waals surface area (Å²) in [7, 11) is 0. The van der Waals surface area contributed by atoms with Crippen LogP contribution < -0.4 is 10.1 Å². The maximum Gasteiger partial charge on any atom is 0.252 e. The number of phenols is 1. The Morgan fingerprint density at radius 3 is 2.71 bits per heavy atom. The molecule has 10 heteroatoms. The molecule has 2 fully saturated rings. The second-order valence-corrected chi connectivity index (χ2v) is 13.2. The number of carbonyl (C=O) groups is 1. The maximum atomic E-state index is 14.0. The van der Waals surface area contributed by atoms with Crippen molar-refractivity contribution in [2.45, 2.75) is 74.7 Å². The van der Waals surface area contributed by atoms with Gasteiger partial charge in [0, 0.05) is 30.1 Å². The summed E-state index contributed by atoms with van der Waals surface area (Å²) >= 11 is 0. The lowest BCUT2D eigenvalue weighted by atomic mass is 9.49. The van der Waals surface area contributed by atoms with Crippen LogP contribution in [0.1, 0.15) is 56.5 Å². The Morgan fingerprint density at radius 2 is 1.95 bits per heavy atom. The molecule has 1 spiro atoms. The number of aromatic hydroxyl groups is 1. The number of piperidine rings is 1. The predicted octanol–water partition coefficient (Wildman–Crippen LogP) is 3.48. The van der Waals surface area contributed by atoms with E-state index in [9.17, 15) is 20.1 Å². The fourth-order valence-corrected chi connectivity index (χ4v) is 7.96. The summed E-state index contributed by atoms with van der Waals surface area (Å²) < 4.78 is 11.9. The van der Waals surface area contributed by atoms with Gasteiger partial charge in [-0.15, -0.1) is 0 Å². The van der Waals surface area contributed by atoms with E-state index in [2.05, 4.69) is 20.4 Å². The third kappa shape index (κ3) is 3.42. The van der Waals surface area contributed by atoms with Crippen molar-refractivity contribution in [2.24, 2.45) is 5.92 Å². The topological polar surface area (TPSA) is 141 Å². The zero-order valence-corrected chi connectivity index (χ0v) is 23.6. The van der Waals surface area contributed by atoms with Gasteiger partial charge in [0.05, 0.1) is 16.6 Å². The average Bonchev–Trinajstić information content (AvgIpc) is 3.48. The quantitative estimate of drug-likeness (QED) is 0.351. The molecule has 5 aliphatic rings. The minimum absolute atomic E-state index is 0.0238. The summed E-state index contributed by atoms with van der Waals surface area (Å²) in [6, 6.07) is 12.7. The minimum Gasteiger partial charge on any atom is -0.508 e. The number of likely N-dealkylation sites (tertiary alicyclic amines) is 1. The molecular formula is C32H34N4O6. The van der Waals surface area contributed by atoms with Gasteiger partial charge in [-0.3, -0.25) is 9.69 Å². The standard InChI is InChI=1S/C32H34N4O6/c1-30(2,29-33-27(35-42-29)18-6-4-3-5-7-18)34-28(39)20-15-32(40)22-14-19-10-11-21(37)25-23(19)31(32,26(41-25)24(20)38)12-13-36(22)16-17-8-9-17/h3-7,10-11,17,22,26,37-38,40H,8-9,12-16H2,1-2H3,(H,34,39)/t22?,26-,31?,32?/m0/s1. The lowest BCUT2D eigenvalue weighted by Crippen LogP contribution is -2.76. The number of phenolic OH excluding ortho intramolecular Hbond substituents is 1. The Morgan fingerprint density at radius 1 is 1.17 bits per heavy atom. The lowest BCUT2D eigenvalue weighted by Gasteiger charge is -2.62. The van der Waals surface area contributed by atoms with Gasteiger partial charge in [0.2, 0.25) is 5.82 Å². The van der Waals surface area contributed by atoms with Crippen LogP contribution in [-0.4, -0.2) is 67.1 Å². The van der Waals surface area contributed by atoms with Gasteiger partial charge in [0.1, 0.15) is 11.3 Å². The monoisotopic (exact) mass is 570 g/mol. The Balaban J connectivity index is 1.17. The summed E-state index contributed by atoms with van der Waals surface area (Å²) in [5.74, 6) is 0.777. The van der Waals surface area contributed by atoms with Crippen LogP contribution in [0.25, 0.3) is 11.4 Å². The average molecular weight is 571 g/mol. The first-order valence-corrected chi connectivity index (χ1v) is 14.7. The fraction of sp³-hybridized carbons (Fsp3) is 0.469. The van der Waals surface area contributed by atoms with E-state index >= 15 is 0 Å². The summed E-state index contributed by atoms with van der Waals surface area (Å²) in [6.45, 7) is 5.16. The molecule has 8 rings (SSSR count). The van der Waals surface area contributed by atoms with Crippen molar-refractivity contribution < 1.29 is 29.4 Å². The van der Waals surface area contributed by atoms with Crippen molar-refractivity contribution in [3.63, 3.8) is 0 Å². The van der Waals surface area contributed by atoms with Crippen LogP contribution in [0.3, 0.4) is 0 Å². The number of benzene rings is 2. The van der Waals surface area contributed by atoms with E-state index in [0.29, 0.717) is 30.3 Å². The molecule has 218 valence electrons. The van der Waals surface area contributed by atoms with E-state index in [1.807, 2.05) is 36.4 Å². The molecule has 0 radical (unpaired) electrons. The molecule has 10 nitrogen and oxygen atoms in total. The number of nitrogens with zero attached hydrogens (tertiary/aromatic N) is 3. The first-order valence-electron chi connectivity index (χ1n) is 14.7. The lowest BCUT2D eigenvalue weighted by molar-refractivity contribution is -0.172. The molecule has 42 heavy (non-hydrogen) atoms. The molecule has 2 bridgehead atoms. The van der Waals surface area contributed by atoms with Crippen LogP contribution >= 0.6 is 0 Å².